The molecule has 0 radical (unpaired) electrons. The highest BCUT2D eigenvalue weighted by molar-refractivity contribution is 5.59. The van der Waals surface area contributed by atoms with Gasteiger partial charge >= 0.3 is 0 Å². The van der Waals surface area contributed by atoms with E-state index in [1.54, 1.807) is 6.20 Å². The van der Waals surface area contributed by atoms with Crippen molar-refractivity contribution < 1.29 is 0 Å². The van der Waals surface area contributed by atoms with Gasteiger partial charge in [-0.05, 0) is 36.8 Å². The number of nitrogens with two attached hydrogens (primary N) is 2. The number of nitrogens with zero attached hydrogens (tertiary/aromatic N) is 4. The third-order valence-electron chi connectivity index (χ3n) is 4.29. The van der Waals surface area contributed by atoms with Crippen LogP contribution in [0.4, 0.5) is 5.82 Å². The molecule has 0 aliphatic heterocycles. The van der Waals surface area contributed by atoms with Gasteiger partial charge < -0.3 is 16.4 Å². The minimum absolute atomic E-state index is 0.511. The summed E-state index contributed by atoms with van der Waals surface area (Å²) in [6.07, 6.45) is 7.86. The zero-order valence-electron chi connectivity index (χ0n) is 14.2. The first-order chi connectivity index (χ1) is 11.4. The smallest absolute Gasteiger partial charge is 0.153 e. The largest absolute Gasteiger partial charge is 0.402 e. The van der Waals surface area contributed by atoms with Crippen molar-refractivity contribution in [3.05, 3.63) is 59.8 Å². The van der Waals surface area contributed by atoms with E-state index in [1.807, 2.05) is 62.5 Å². The second-order valence-electron chi connectivity index (χ2n) is 6.30. The van der Waals surface area contributed by atoms with Gasteiger partial charge in [-0.15, -0.1) is 0 Å². The van der Waals surface area contributed by atoms with Crippen LogP contribution in [-0.2, 0) is 5.54 Å². The van der Waals surface area contributed by atoms with E-state index in [0.29, 0.717) is 12.2 Å². The molecule has 6 nitrogen and oxygen atoms in total. The number of hydrogen-bond donors (Lipinski definition) is 2. The van der Waals surface area contributed by atoms with E-state index < -0.39 is 5.54 Å². The fraction of sp³-hybridized carbons (Fsp3) is 0.278. The first-order valence-electron chi connectivity index (χ1n) is 7.80. The fourth-order valence-corrected chi connectivity index (χ4v) is 2.69. The van der Waals surface area contributed by atoms with Crippen molar-refractivity contribution in [3.8, 4) is 11.3 Å². The Hall–Kier alpha value is -2.73. The summed E-state index contributed by atoms with van der Waals surface area (Å²) in [5.41, 5.74) is 15.2. The molecule has 4 N–H and O–H groups in total. The lowest BCUT2D eigenvalue weighted by Gasteiger charge is -2.31. The van der Waals surface area contributed by atoms with Gasteiger partial charge in [-0.25, -0.2) is 15.0 Å². The Labute approximate surface area is 141 Å². The Bertz CT molecular complexity index is 807. The number of anilines is 1. The highest BCUT2D eigenvalue weighted by Gasteiger charge is 2.35. The van der Waals surface area contributed by atoms with Crippen molar-refractivity contribution in [3.63, 3.8) is 0 Å². The lowest BCUT2D eigenvalue weighted by molar-refractivity contribution is 0.478. The molecule has 2 aromatic rings. The summed E-state index contributed by atoms with van der Waals surface area (Å²) in [6, 6.07) is 5.82. The highest BCUT2D eigenvalue weighted by Crippen LogP contribution is 2.33. The number of allylic oxidation sites excluding steroid dienone is 2. The quantitative estimate of drug-likeness (QED) is 0.897. The summed E-state index contributed by atoms with van der Waals surface area (Å²) in [5.74, 6) is 1.47. The van der Waals surface area contributed by atoms with Gasteiger partial charge in [0.15, 0.2) is 5.82 Å². The summed E-state index contributed by atoms with van der Waals surface area (Å²) >= 11 is 0. The Balaban J connectivity index is 1.98. The van der Waals surface area contributed by atoms with Gasteiger partial charge in [0.1, 0.15) is 11.4 Å². The van der Waals surface area contributed by atoms with E-state index in [9.17, 15) is 0 Å². The first kappa shape index (κ1) is 16.1. The second-order valence-corrected chi connectivity index (χ2v) is 6.30. The molecule has 0 aromatic carbocycles. The van der Waals surface area contributed by atoms with Crippen LogP contribution in [0.25, 0.3) is 11.3 Å². The molecule has 1 aliphatic rings. The van der Waals surface area contributed by atoms with Gasteiger partial charge in [0.05, 0.1) is 5.69 Å². The molecule has 1 aliphatic carbocycles. The van der Waals surface area contributed by atoms with E-state index in [-0.39, 0.29) is 0 Å². The molecule has 2 heterocycles. The van der Waals surface area contributed by atoms with E-state index >= 15 is 0 Å². The molecule has 1 unspecified atom stereocenters. The number of hydrogen-bond acceptors (Lipinski definition) is 6. The van der Waals surface area contributed by atoms with Crippen molar-refractivity contribution >= 4 is 5.82 Å². The molecule has 0 saturated heterocycles. The Morgan fingerprint density at radius 1 is 1.12 bits per heavy atom. The van der Waals surface area contributed by atoms with E-state index in [4.69, 9.17) is 11.5 Å². The zero-order valence-corrected chi connectivity index (χ0v) is 14.2. The molecule has 0 spiro atoms. The average Bonchev–Trinajstić information content (AvgIpc) is 2.58. The predicted octanol–water partition coefficient (Wildman–Crippen LogP) is 1.95. The topological polar surface area (TPSA) is 94.0 Å². The lowest BCUT2D eigenvalue weighted by atomic mass is 9.82. The molecule has 0 amide bonds. The molecule has 1 atom stereocenters. The van der Waals surface area contributed by atoms with E-state index in [1.165, 1.54) is 0 Å². The van der Waals surface area contributed by atoms with Gasteiger partial charge in [-0.2, -0.15) is 0 Å². The maximum Gasteiger partial charge on any atom is 0.153 e. The summed E-state index contributed by atoms with van der Waals surface area (Å²) in [6.45, 7) is 1.98. The Morgan fingerprint density at radius 2 is 1.92 bits per heavy atom. The molecule has 0 fully saturated rings. The number of aromatic nitrogens is 3. The molecule has 3 rings (SSSR count). The van der Waals surface area contributed by atoms with Gasteiger partial charge in [0.2, 0.25) is 0 Å². The first-order valence-corrected chi connectivity index (χ1v) is 7.80. The molecule has 6 heteroatoms. The average molecular weight is 322 g/mol. The molecule has 2 aromatic heterocycles. The standard InChI is InChI=1S/C18H22N6/c1-12-4-6-14(19)10-18(12,20)17-21-9-8-15(23-17)13-5-7-16(22-11-13)24(2)3/h4-9,11H,10,19-20H2,1-3H3. The predicted molar refractivity (Wildman–Crippen MR) is 96.1 cm³/mol. The Morgan fingerprint density at radius 3 is 2.58 bits per heavy atom. The molecule has 0 bridgehead atoms. The third-order valence-corrected chi connectivity index (χ3v) is 4.29. The van der Waals surface area contributed by atoms with Crippen LogP contribution in [0.3, 0.4) is 0 Å². The summed E-state index contributed by atoms with van der Waals surface area (Å²) in [4.78, 5) is 15.5. The fourth-order valence-electron chi connectivity index (χ4n) is 2.69. The maximum absolute atomic E-state index is 6.59. The minimum atomic E-state index is -0.772. The van der Waals surface area contributed by atoms with Crippen LogP contribution in [-0.4, -0.2) is 29.0 Å². The Kier molecular flexibility index (Phi) is 4.07. The summed E-state index contributed by atoms with van der Waals surface area (Å²) in [5, 5.41) is 0. The molecule has 24 heavy (non-hydrogen) atoms. The third kappa shape index (κ3) is 2.88. The number of rotatable bonds is 3. The van der Waals surface area contributed by atoms with Crippen molar-refractivity contribution in [1.82, 2.24) is 15.0 Å². The highest BCUT2D eigenvalue weighted by atomic mass is 15.1. The lowest BCUT2D eigenvalue weighted by Crippen LogP contribution is -2.42. The van der Waals surface area contributed by atoms with Crippen LogP contribution in [0.2, 0.25) is 0 Å². The number of pyridine rings is 1. The van der Waals surface area contributed by atoms with Crippen molar-refractivity contribution in [2.45, 2.75) is 18.9 Å². The van der Waals surface area contributed by atoms with E-state index in [0.717, 1.165) is 28.3 Å². The molecular weight excluding hydrogens is 300 g/mol. The van der Waals surface area contributed by atoms with Gasteiger partial charge in [-0.1, -0.05) is 6.08 Å². The summed E-state index contributed by atoms with van der Waals surface area (Å²) in [7, 11) is 3.91. The zero-order chi connectivity index (χ0) is 17.3. The summed E-state index contributed by atoms with van der Waals surface area (Å²) < 4.78 is 0. The monoisotopic (exact) mass is 322 g/mol. The second kappa shape index (κ2) is 6.05. The SMILES string of the molecule is CC1=CC=C(N)CC1(N)c1nccc(-c2ccc(N(C)C)nc2)n1. The normalized spacial score (nSPS) is 20.3. The van der Waals surface area contributed by atoms with Crippen LogP contribution in [0.5, 0.6) is 0 Å². The van der Waals surface area contributed by atoms with Gasteiger partial charge in [0, 0.05) is 44.2 Å². The maximum atomic E-state index is 6.59. The molecule has 124 valence electrons. The van der Waals surface area contributed by atoms with Crippen LogP contribution in [0.15, 0.2) is 54.0 Å². The van der Waals surface area contributed by atoms with Crippen LogP contribution < -0.4 is 16.4 Å². The minimum Gasteiger partial charge on any atom is -0.402 e. The molecular formula is C18H22N6. The van der Waals surface area contributed by atoms with Crippen molar-refractivity contribution in [2.75, 3.05) is 19.0 Å². The van der Waals surface area contributed by atoms with Gasteiger partial charge in [0.25, 0.3) is 0 Å². The van der Waals surface area contributed by atoms with E-state index in [2.05, 4.69) is 15.0 Å². The van der Waals surface area contributed by atoms with Gasteiger partial charge in [-0.3, -0.25) is 0 Å². The van der Waals surface area contributed by atoms with Crippen molar-refractivity contribution in [2.24, 2.45) is 11.5 Å². The van der Waals surface area contributed by atoms with Crippen LogP contribution >= 0.6 is 0 Å². The van der Waals surface area contributed by atoms with Crippen LogP contribution in [0.1, 0.15) is 19.2 Å². The molecule has 0 saturated carbocycles. The van der Waals surface area contributed by atoms with Crippen LogP contribution in [0, 0.1) is 0 Å². The van der Waals surface area contributed by atoms with Crippen molar-refractivity contribution in [1.29, 1.82) is 0 Å².